The van der Waals surface area contributed by atoms with Crippen molar-refractivity contribution in [2.24, 2.45) is 11.7 Å². The lowest BCUT2D eigenvalue weighted by Gasteiger charge is -1.98. The van der Waals surface area contributed by atoms with Gasteiger partial charge < -0.3 is 5.73 Å². The lowest BCUT2D eigenvalue weighted by Crippen LogP contribution is -1.96. The highest BCUT2D eigenvalue weighted by Crippen LogP contribution is 2.25. The molecule has 0 heterocycles. The first-order chi connectivity index (χ1) is 4.93. The monoisotopic (exact) mass is 139 g/mol. The van der Waals surface area contributed by atoms with Gasteiger partial charge >= 0.3 is 0 Å². The Balaban J connectivity index is 2.10. The fraction of sp³-hybridized carbons (Fsp3) is 0.778. The van der Waals surface area contributed by atoms with Gasteiger partial charge in [-0.15, -0.1) is 0 Å². The summed E-state index contributed by atoms with van der Waals surface area (Å²) < 4.78 is 0. The molecule has 0 aromatic heterocycles. The molecule has 1 nitrogen and oxygen atoms in total. The molecule has 0 aliphatic heterocycles. The van der Waals surface area contributed by atoms with E-state index in [4.69, 9.17) is 5.73 Å². The molecule has 58 valence electrons. The van der Waals surface area contributed by atoms with Crippen LogP contribution in [0.4, 0.5) is 0 Å². The number of hydrogen-bond acceptors (Lipinski definition) is 1. The van der Waals surface area contributed by atoms with E-state index in [2.05, 4.69) is 12.2 Å². The van der Waals surface area contributed by atoms with Crippen LogP contribution in [-0.4, -0.2) is 6.54 Å². The van der Waals surface area contributed by atoms with Crippen molar-refractivity contribution < 1.29 is 0 Å². The molecular formula is C9H17N. The first-order valence-electron chi connectivity index (χ1n) is 4.30. The molecule has 1 fully saturated rings. The van der Waals surface area contributed by atoms with E-state index in [1.807, 2.05) is 0 Å². The Morgan fingerprint density at radius 3 is 2.60 bits per heavy atom. The minimum absolute atomic E-state index is 0.795. The standard InChI is InChI=1S/C9H17N/c10-8-4-3-7-9-5-1-2-6-9/h3,7,9H,1-2,4-6,8,10H2. The molecule has 0 aromatic rings. The van der Waals surface area contributed by atoms with Gasteiger partial charge in [-0.3, -0.25) is 0 Å². The predicted molar refractivity (Wildman–Crippen MR) is 44.8 cm³/mol. The van der Waals surface area contributed by atoms with Crippen molar-refractivity contribution in [2.45, 2.75) is 32.1 Å². The van der Waals surface area contributed by atoms with E-state index in [1.54, 1.807) is 0 Å². The summed E-state index contributed by atoms with van der Waals surface area (Å²) in [7, 11) is 0. The van der Waals surface area contributed by atoms with Crippen LogP contribution in [0.5, 0.6) is 0 Å². The lowest BCUT2D eigenvalue weighted by atomic mass is 10.1. The summed E-state index contributed by atoms with van der Waals surface area (Å²) in [6, 6.07) is 0. The van der Waals surface area contributed by atoms with Gasteiger partial charge in [0.2, 0.25) is 0 Å². The van der Waals surface area contributed by atoms with Gasteiger partial charge in [0.25, 0.3) is 0 Å². The number of nitrogens with two attached hydrogens (primary N) is 1. The quantitative estimate of drug-likeness (QED) is 0.595. The zero-order valence-electron chi connectivity index (χ0n) is 6.55. The molecule has 0 amide bonds. The highest BCUT2D eigenvalue weighted by Gasteiger charge is 2.10. The Morgan fingerprint density at radius 1 is 1.30 bits per heavy atom. The highest BCUT2D eigenvalue weighted by molar-refractivity contribution is 4.90. The summed E-state index contributed by atoms with van der Waals surface area (Å²) in [6.45, 7) is 0.795. The molecule has 0 unspecified atom stereocenters. The zero-order chi connectivity index (χ0) is 7.23. The minimum Gasteiger partial charge on any atom is -0.330 e. The summed E-state index contributed by atoms with van der Waals surface area (Å²) in [4.78, 5) is 0. The largest absolute Gasteiger partial charge is 0.330 e. The normalized spacial score (nSPS) is 20.9. The van der Waals surface area contributed by atoms with Gasteiger partial charge in [0.15, 0.2) is 0 Å². The van der Waals surface area contributed by atoms with Gasteiger partial charge in [-0.25, -0.2) is 0 Å². The molecule has 0 bridgehead atoms. The van der Waals surface area contributed by atoms with Crippen LogP contribution < -0.4 is 5.73 Å². The molecule has 0 saturated heterocycles. The second kappa shape index (κ2) is 4.51. The summed E-state index contributed by atoms with van der Waals surface area (Å²) in [5.74, 6) is 0.881. The summed E-state index contributed by atoms with van der Waals surface area (Å²) in [6.07, 6.45) is 11.3. The van der Waals surface area contributed by atoms with Gasteiger partial charge in [-0.05, 0) is 31.7 Å². The average Bonchev–Trinajstić information content (AvgIpc) is 2.41. The SMILES string of the molecule is NCCC=CC1CCCC1. The van der Waals surface area contributed by atoms with E-state index in [-0.39, 0.29) is 0 Å². The maximum atomic E-state index is 5.36. The Morgan fingerprint density at radius 2 is 2.00 bits per heavy atom. The first-order valence-corrected chi connectivity index (χ1v) is 4.30. The molecule has 0 radical (unpaired) electrons. The van der Waals surface area contributed by atoms with Crippen LogP contribution in [0.3, 0.4) is 0 Å². The van der Waals surface area contributed by atoms with E-state index in [0.29, 0.717) is 0 Å². The highest BCUT2D eigenvalue weighted by atomic mass is 14.5. The first kappa shape index (κ1) is 7.80. The van der Waals surface area contributed by atoms with Crippen molar-refractivity contribution in [3.63, 3.8) is 0 Å². The van der Waals surface area contributed by atoms with Crippen LogP contribution in [0.1, 0.15) is 32.1 Å². The van der Waals surface area contributed by atoms with Crippen LogP contribution in [-0.2, 0) is 0 Å². The van der Waals surface area contributed by atoms with Gasteiger partial charge in [0.05, 0.1) is 0 Å². The van der Waals surface area contributed by atoms with Crippen LogP contribution >= 0.6 is 0 Å². The molecule has 1 aliphatic carbocycles. The number of hydrogen-bond donors (Lipinski definition) is 1. The van der Waals surface area contributed by atoms with Crippen LogP contribution in [0.2, 0.25) is 0 Å². The third-order valence-corrected chi connectivity index (χ3v) is 2.14. The molecule has 0 aromatic carbocycles. The van der Waals surface area contributed by atoms with E-state index in [0.717, 1.165) is 18.9 Å². The maximum Gasteiger partial charge on any atom is -0.00426 e. The van der Waals surface area contributed by atoms with Crippen LogP contribution in [0, 0.1) is 5.92 Å². The number of allylic oxidation sites excluding steroid dienone is 1. The second-order valence-corrected chi connectivity index (χ2v) is 3.05. The van der Waals surface area contributed by atoms with E-state index in [9.17, 15) is 0 Å². The molecule has 2 N–H and O–H groups in total. The van der Waals surface area contributed by atoms with Gasteiger partial charge in [-0.1, -0.05) is 25.0 Å². The Labute approximate surface area is 63.3 Å². The summed E-state index contributed by atoms with van der Waals surface area (Å²) in [5.41, 5.74) is 5.36. The summed E-state index contributed by atoms with van der Waals surface area (Å²) >= 11 is 0. The number of rotatable bonds is 3. The van der Waals surface area contributed by atoms with E-state index in [1.165, 1.54) is 25.7 Å². The molecule has 1 rings (SSSR count). The molecule has 1 saturated carbocycles. The average molecular weight is 139 g/mol. The van der Waals surface area contributed by atoms with Crippen LogP contribution in [0.15, 0.2) is 12.2 Å². The third-order valence-electron chi connectivity index (χ3n) is 2.14. The molecular weight excluding hydrogens is 122 g/mol. The molecule has 1 aliphatic rings. The van der Waals surface area contributed by atoms with E-state index >= 15 is 0 Å². The van der Waals surface area contributed by atoms with Crippen molar-refractivity contribution >= 4 is 0 Å². The van der Waals surface area contributed by atoms with Gasteiger partial charge in [0, 0.05) is 0 Å². The fourth-order valence-corrected chi connectivity index (χ4v) is 1.53. The summed E-state index contributed by atoms with van der Waals surface area (Å²) in [5, 5.41) is 0. The minimum atomic E-state index is 0.795. The Kier molecular flexibility index (Phi) is 3.52. The van der Waals surface area contributed by atoms with Gasteiger partial charge in [-0.2, -0.15) is 0 Å². The lowest BCUT2D eigenvalue weighted by molar-refractivity contribution is 0.682. The van der Waals surface area contributed by atoms with Crippen LogP contribution in [0.25, 0.3) is 0 Å². The van der Waals surface area contributed by atoms with Crippen molar-refractivity contribution in [1.29, 1.82) is 0 Å². The van der Waals surface area contributed by atoms with E-state index < -0.39 is 0 Å². The van der Waals surface area contributed by atoms with Crippen molar-refractivity contribution in [3.05, 3.63) is 12.2 Å². The topological polar surface area (TPSA) is 26.0 Å². The smallest absolute Gasteiger partial charge is 0.00426 e. The maximum absolute atomic E-state index is 5.36. The van der Waals surface area contributed by atoms with Crippen molar-refractivity contribution in [2.75, 3.05) is 6.54 Å². The zero-order valence-corrected chi connectivity index (χ0v) is 6.55. The van der Waals surface area contributed by atoms with Crippen molar-refractivity contribution in [3.8, 4) is 0 Å². The molecule has 0 atom stereocenters. The second-order valence-electron chi connectivity index (χ2n) is 3.05. The molecule has 10 heavy (non-hydrogen) atoms. The fourth-order valence-electron chi connectivity index (χ4n) is 1.53. The third kappa shape index (κ3) is 2.53. The Hall–Kier alpha value is -0.300. The molecule has 0 spiro atoms. The molecule has 1 heteroatoms. The Bertz CT molecular complexity index is 101. The van der Waals surface area contributed by atoms with Gasteiger partial charge in [0.1, 0.15) is 0 Å². The van der Waals surface area contributed by atoms with Crippen molar-refractivity contribution in [1.82, 2.24) is 0 Å². The predicted octanol–water partition coefficient (Wildman–Crippen LogP) is 2.08.